The molecule has 0 aliphatic rings. The Morgan fingerprint density at radius 2 is 2.17 bits per heavy atom. The average Bonchev–Trinajstić information content (AvgIpc) is 2.04. The summed E-state index contributed by atoms with van der Waals surface area (Å²) < 4.78 is 7.82. The van der Waals surface area contributed by atoms with Crippen LogP contribution in [0.1, 0.15) is 26.2 Å². The maximum atomic E-state index is 10.5. The van der Waals surface area contributed by atoms with Gasteiger partial charge in [0, 0.05) is 1.37 Å². The molecule has 1 aromatic carbocycles. The predicted octanol–water partition coefficient (Wildman–Crippen LogP) is 2.26. The van der Waals surface area contributed by atoms with E-state index in [0.29, 0.717) is 0 Å². The first-order valence-electron chi connectivity index (χ1n) is 4.30. The van der Waals surface area contributed by atoms with Gasteiger partial charge in [-0.3, -0.25) is 4.79 Å². The molecule has 0 spiro atoms. The topological polar surface area (TPSA) is 37.3 Å². The van der Waals surface area contributed by atoms with Gasteiger partial charge in [0.1, 0.15) is 0 Å². The molecule has 1 aromatic rings. The number of aliphatic carboxylic acids is 1. The molecule has 0 saturated heterocycles. The van der Waals surface area contributed by atoms with Gasteiger partial charge in [0.05, 0.1) is 6.42 Å². The maximum absolute atomic E-state index is 10.5. The Morgan fingerprint density at radius 3 is 2.67 bits per heavy atom. The second-order valence-corrected chi connectivity index (χ2v) is 2.72. The summed E-state index contributed by atoms with van der Waals surface area (Å²) in [6, 6.07) is 9.01. The van der Waals surface area contributed by atoms with E-state index in [-0.39, 0.29) is 6.42 Å². The Bertz CT molecular complexity index is 293. The third-order valence-electron chi connectivity index (χ3n) is 1.68. The standard InChI is InChI=1S/C10H12O2/c1-8(7-10(11)12)9-5-3-2-4-6-9/h2-6,8H,7H2,1H3,(H,11,12)/t8-/m1/s1/i8+1D. The highest BCUT2D eigenvalue weighted by Gasteiger charge is 2.08. The summed E-state index contributed by atoms with van der Waals surface area (Å²) in [6.45, 7) is 1.61. The highest BCUT2D eigenvalue weighted by molar-refractivity contribution is 5.67. The summed E-state index contributed by atoms with van der Waals surface area (Å²) in [4.78, 5) is 10.5. The van der Waals surface area contributed by atoms with Crippen molar-refractivity contribution < 1.29 is 11.3 Å². The summed E-state index contributed by atoms with van der Waals surface area (Å²) in [6.07, 6.45) is -0.170. The van der Waals surface area contributed by atoms with Crippen LogP contribution in [0.15, 0.2) is 30.3 Å². The molecular formula is C10H12O2. The van der Waals surface area contributed by atoms with Crippen molar-refractivity contribution >= 4 is 5.97 Å². The summed E-state index contributed by atoms with van der Waals surface area (Å²) in [7, 11) is 0. The lowest BCUT2D eigenvalue weighted by molar-refractivity contribution is -0.137. The third kappa shape index (κ3) is 2.38. The van der Waals surface area contributed by atoms with Crippen LogP contribution < -0.4 is 0 Å². The fourth-order valence-corrected chi connectivity index (χ4v) is 1.05. The van der Waals surface area contributed by atoms with Crippen molar-refractivity contribution in [3.63, 3.8) is 0 Å². The molecule has 64 valence electrons. The van der Waals surface area contributed by atoms with Crippen LogP contribution in [0, 0.1) is 0 Å². The van der Waals surface area contributed by atoms with E-state index in [2.05, 4.69) is 0 Å². The van der Waals surface area contributed by atoms with E-state index in [1.807, 2.05) is 18.2 Å². The number of rotatable bonds is 3. The summed E-state index contributed by atoms with van der Waals surface area (Å²) >= 11 is 0. The first-order chi connectivity index (χ1) is 6.02. The lowest BCUT2D eigenvalue weighted by Crippen LogP contribution is -2.02. The third-order valence-corrected chi connectivity index (χ3v) is 1.68. The summed E-state index contributed by atoms with van der Waals surface area (Å²) in [5.41, 5.74) is 0.734. The quantitative estimate of drug-likeness (QED) is 0.699. The Labute approximate surface area is 73.3 Å². The van der Waals surface area contributed by atoms with Gasteiger partial charge in [-0.15, -0.1) is 0 Å². The van der Waals surface area contributed by atoms with Gasteiger partial charge >= 0.3 is 5.97 Å². The van der Waals surface area contributed by atoms with E-state index in [4.69, 9.17) is 6.48 Å². The van der Waals surface area contributed by atoms with Gasteiger partial charge in [-0.1, -0.05) is 37.3 Å². The summed E-state index contributed by atoms with van der Waals surface area (Å²) in [5, 5.41) is 8.59. The number of carbonyl (C=O) groups is 1. The normalized spacial score (nSPS) is 16.2. The number of benzene rings is 1. The monoisotopic (exact) mass is 166 g/mol. The number of carboxylic acid groups (broad SMARTS) is 1. The van der Waals surface area contributed by atoms with Crippen molar-refractivity contribution in [1.82, 2.24) is 0 Å². The Morgan fingerprint density at radius 1 is 1.58 bits per heavy atom. The minimum atomic E-state index is -1.03. The highest BCUT2D eigenvalue weighted by Crippen LogP contribution is 2.17. The van der Waals surface area contributed by atoms with Crippen molar-refractivity contribution in [2.45, 2.75) is 19.2 Å². The lowest BCUT2D eigenvalue weighted by Gasteiger charge is -2.07. The minimum absolute atomic E-state index is 0.170. The van der Waals surface area contributed by atoms with Crippen molar-refractivity contribution in [3.05, 3.63) is 35.9 Å². The Hall–Kier alpha value is -1.31. The molecule has 2 heteroatoms. The maximum Gasteiger partial charge on any atom is 0.303 e. The van der Waals surface area contributed by atoms with Crippen LogP contribution in [0.4, 0.5) is 0 Å². The molecule has 0 fully saturated rings. The molecule has 0 heterocycles. The second kappa shape index (κ2) is 3.90. The fraction of sp³-hybridized carbons (Fsp3) is 0.300. The summed E-state index contributed by atoms with van der Waals surface area (Å²) in [5.74, 6) is -1.98. The predicted molar refractivity (Wildman–Crippen MR) is 47.1 cm³/mol. The van der Waals surface area contributed by atoms with Crippen molar-refractivity contribution in [3.8, 4) is 0 Å². The van der Waals surface area contributed by atoms with Crippen LogP contribution in [0.2, 0.25) is 0 Å². The van der Waals surface area contributed by atoms with E-state index < -0.39 is 11.9 Å². The van der Waals surface area contributed by atoms with Crippen molar-refractivity contribution in [2.24, 2.45) is 0 Å². The van der Waals surface area contributed by atoms with E-state index in [1.54, 1.807) is 19.1 Å². The molecule has 0 unspecified atom stereocenters. The van der Waals surface area contributed by atoms with Gasteiger partial charge in [-0.05, 0) is 11.5 Å². The van der Waals surface area contributed by atoms with Crippen LogP contribution in [-0.2, 0) is 4.79 Å². The molecule has 0 aliphatic carbocycles. The van der Waals surface area contributed by atoms with Crippen LogP contribution in [0.3, 0.4) is 0 Å². The number of hydrogen-bond donors (Lipinski definition) is 1. The zero-order valence-corrected chi connectivity index (χ0v) is 6.95. The van der Waals surface area contributed by atoms with Gasteiger partial charge in [-0.2, -0.15) is 0 Å². The molecule has 1 N–H and O–H groups in total. The molecule has 0 saturated carbocycles. The average molecular weight is 166 g/mol. The van der Waals surface area contributed by atoms with Crippen molar-refractivity contribution in [2.75, 3.05) is 0 Å². The van der Waals surface area contributed by atoms with Crippen LogP contribution in [-0.4, -0.2) is 11.1 Å². The first kappa shape index (κ1) is 7.35. The molecule has 2 nitrogen and oxygen atoms in total. The Balaban J connectivity index is 2.87. The smallest absolute Gasteiger partial charge is 0.303 e. The number of carboxylic acids is 1. The van der Waals surface area contributed by atoms with Crippen LogP contribution >= 0.6 is 0 Å². The molecule has 0 amide bonds. The lowest BCUT2D eigenvalue weighted by atomic mass is 10.2. The van der Waals surface area contributed by atoms with Crippen molar-refractivity contribution in [1.29, 1.82) is 0 Å². The minimum Gasteiger partial charge on any atom is -0.481 e. The van der Waals surface area contributed by atoms with E-state index in [0.717, 1.165) is 5.56 Å². The zero-order valence-electron chi connectivity index (χ0n) is 7.95. The molecule has 1 rings (SSSR count). The molecule has 0 radical (unpaired) electrons. The molecule has 0 aromatic heterocycles. The van der Waals surface area contributed by atoms with Crippen LogP contribution in [0.5, 0.6) is 0 Å². The van der Waals surface area contributed by atoms with E-state index >= 15 is 0 Å². The van der Waals surface area contributed by atoms with Gasteiger partial charge in [0.2, 0.25) is 0 Å². The zero-order chi connectivity index (χ0) is 9.90. The molecule has 12 heavy (non-hydrogen) atoms. The van der Waals surface area contributed by atoms with Gasteiger partial charge in [0.25, 0.3) is 0 Å². The Kier molecular flexibility index (Phi) is 2.39. The van der Waals surface area contributed by atoms with Gasteiger partial charge in [-0.25, -0.2) is 0 Å². The van der Waals surface area contributed by atoms with Gasteiger partial charge < -0.3 is 5.11 Å². The van der Waals surface area contributed by atoms with Crippen LogP contribution in [0.25, 0.3) is 0 Å². The van der Waals surface area contributed by atoms with Gasteiger partial charge in [0.15, 0.2) is 0 Å². The fourth-order valence-electron chi connectivity index (χ4n) is 1.05. The molecule has 1 atom stereocenters. The molecule has 0 bridgehead atoms. The number of hydrogen-bond acceptors (Lipinski definition) is 1. The van der Waals surface area contributed by atoms with E-state index in [1.165, 1.54) is 0 Å². The largest absolute Gasteiger partial charge is 0.481 e. The highest BCUT2D eigenvalue weighted by atomic mass is 16.4. The second-order valence-electron chi connectivity index (χ2n) is 2.72. The molecule has 0 aliphatic heterocycles. The first-order valence-corrected chi connectivity index (χ1v) is 3.80. The molecular weight excluding hydrogens is 153 g/mol. The SMILES string of the molecule is [2H][13C@@](C)(CC(=O)O)c1ccccc1. The van der Waals surface area contributed by atoms with E-state index in [9.17, 15) is 4.79 Å².